The summed E-state index contributed by atoms with van der Waals surface area (Å²) in [7, 11) is 0. The van der Waals surface area contributed by atoms with Crippen LogP contribution in [0.3, 0.4) is 0 Å². The van der Waals surface area contributed by atoms with Crippen molar-refractivity contribution in [3.05, 3.63) is 65.2 Å². The van der Waals surface area contributed by atoms with E-state index < -0.39 is 22.8 Å². The van der Waals surface area contributed by atoms with Gasteiger partial charge in [0.1, 0.15) is 5.82 Å². The molecule has 0 aliphatic heterocycles. The molecule has 6 heteroatoms. The minimum Gasteiger partial charge on any atom is -0.319 e. The van der Waals surface area contributed by atoms with Crippen molar-refractivity contribution in [3.63, 3.8) is 0 Å². The zero-order chi connectivity index (χ0) is 14.7. The van der Waals surface area contributed by atoms with Crippen LogP contribution in [0.2, 0.25) is 0 Å². The van der Waals surface area contributed by atoms with Gasteiger partial charge in [-0.2, -0.15) is 0 Å². The first-order chi connectivity index (χ1) is 9.49. The van der Waals surface area contributed by atoms with E-state index in [1.54, 1.807) is 0 Å². The quantitative estimate of drug-likeness (QED) is 0.880. The molecule has 2 aromatic carbocycles. The first kappa shape index (κ1) is 14.1. The van der Waals surface area contributed by atoms with E-state index in [2.05, 4.69) is 5.32 Å². The highest BCUT2D eigenvalue weighted by Crippen LogP contribution is 2.20. The standard InChI is InChI=1S/C14H8ClF2NO2/c15-13(19)10-2-1-3-11(12(10)17)18-14(20)8-4-6-9(16)7-5-8/h1-7H,(H,18,20). The topological polar surface area (TPSA) is 46.2 Å². The van der Waals surface area contributed by atoms with E-state index in [4.69, 9.17) is 11.6 Å². The van der Waals surface area contributed by atoms with Gasteiger partial charge in [-0.05, 0) is 48.0 Å². The molecule has 0 atom stereocenters. The van der Waals surface area contributed by atoms with Crippen molar-refractivity contribution in [1.82, 2.24) is 0 Å². The largest absolute Gasteiger partial charge is 0.319 e. The first-order valence-electron chi connectivity index (χ1n) is 5.54. The lowest BCUT2D eigenvalue weighted by Crippen LogP contribution is -2.14. The third-order valence-electron chi connectivity index (χ3n) is 2.57. The van der Waals surface area contributed by atoms with Crippen LogP contribution in [0, 0.1) is 11.6 Å². The smallest absolute Gasteiger partial charge is 0.255 e. The van der Waals surface area contributed by atoms with E-state index in [1.165, 1.54) is 30.3 Å². The maximum atomic E-state index is 13.9. The van der Waals surface area contributed by atoms with Gasteiger partial charge in [0.15, 0.2) is 5.82 Å². The fraction of sp³-hybridized carbons (Fsp3) is 0. The maximum absolute atomic E-state index is 13.9. The van der Waals surface area contributed by atoms with Gasteiger partial charge in [0, 0.05) is 5.56 Å². The summed E-state index contributed by atoms with van der Waals surface area (Å²) in [5, 5.41) is 1.34. The summed E-state index contributed by atoms with van der Waals surface area (Å²) in [6.07, 6.45) is 0. The summed E-state index contributed by atoms with van der Waals surface area (Å²) in [5.41, 5.74) is -0.345. The Kier molecular flexibility index (Phi) is 4.10. The zero-order valence-corrected chi connectivity index (χ0v) is 10.7. The minimum absolute atomic E-state index is 0.161. The molecule has 0 unspecified atom stereocenters. The van der Waals surface area contributed by atoms with Crippen LogP contribution in [-0.4, -0.2) is 11.1 Å². The highest BCUT2D eigenvalue weighted by molar-refractivity contribution is 6.67. The van der Waals surface area contributed by atoms with Crippen molar-refractivity contribution < 1.29 is 18.4 Å². The Morgan fingerprint density at radius 2 is 1.65 bits per heavy atom. The lowest BCUT2D eigenvalue weighted by Gasteiger charge is -2.08. The average Bonchev–Trinajstić information content (AvgIpc) is 2.41. The summed E-state index contributed by atoms with van der Waals surface area (Å²) in [6.45, 7) is 0. The van der Waals surface area contributed by atoms with E-state index in [0.717, 1.165) is 12.1 Å². The predicted molar refractivity (Wildman–Crippen MR) is 70.9 cm³/mol. The number of carbonyl (C=O) groups is 2. The highest BCUT2D eigenvalue weighted by atomic mass is 35.5. The van der Waals surface area contributed by atoms with Crippen LogP contribution in [-0.2, 0) is 0 Å². The molecular weight excluding hydrogens is 288 g/mol. The fourth-order valence-electron chi connectivity index (χ4n) is 1.58. The Balaban J connectivity index is 2.26. The zero-order valence-electron chi connectivity index (χ0n) is 9.99. The molecule has 2 rings (SSSR count). The lowest BCUT2D eigenvalue weighted by molar-refractivity contribution is 0.102. The van der Waals surface area contributed by atoms with Gasteiger partial charge in [0.25, 0.3) is 11.1 Å². The molecule has 1 amide bonds. The summed E-state index contributed by atoms with van der Waals surface area (Å²) < 4.78 is 26.6. The lowest BCUT2D eigenvalue weighted by atomic mass is 10.1. The van der Waals surface area contributed by atoms with Gasteiger partial charge in [0.2, 0.25) is 0 Å². The van der Waals surface area contributed by atoms with Crippen molar-refractivity contribution in [2.24, 2.45) is 0 Å². The number of nitrogens with one attached hydrogen (secondary N) is 1. The molecule has 0 fully saturated rings. The van der Waals surface area contributed by atoms with E-state index in [-0.39, 0.29) is 16.8 Å². The number of hydrogen-bond acceptors (Lipinski definition) is 2. The monoisotopic (exact) mass is 295 g/mol. The molecule has 0 aromatic heterocycles. The molecule has 0 saturated carbocycles. The van der Waals surface area contributed by atoms with Gasteiger partial charge in [-0.3, -0.25) is 9.59 Å². The Morgan fingerprint density at radius 3 is 2.25 bits per heavy atom. The maximum Gasteiger partial charge on any atom is 0.255 e. The second-order valence-electron chi connectivity index (χ2n) is 3.90. The number of hydrogen-bond donors (Lipinski definition) is 1. The first-order valence-corrected chi connectivity index (χ1v) is 5.92. The van der Waals surface area contributed by atoms with Crippen molar-refractivity contribution >= 4 is 28.4 Å². The van der Waals surface area contributed by atoms with Gasteiger partial charge < -0.3 is 5.32 Å². The molecule has 102 valence electrons. The molecule has 2 aromatic rings. The summed E-state index contributed by atoms with van der Waals surface area (Å²) in [4.78, 5) is 22.8. The van der Waals surface area contributed by atoms with E-state index in [0.29, 0.717) is 0 Å². The third-order valence-corrected chi connectivity index (χ3v) is 2.77. The number of rotatable bonds is 3. The van der Waals surface area contributed by atoms with Crippen molar-refractivity contribution in [2.45, 2.75) is 0 Å². The number of anilines is 1. The Bertz CT molecular complexity index is 671. The number of carbonyl (C=O) groups excluding carboxylic acids is 2. The van der Waals surface area contributed by atoms with Crippen LogP contribution in [0.15, 0.2) is 42.5 Å². The van der Waals surface area contributed by atoms with Crippen LogP contribution >= 0.6 is 11.6 Å². The Morgan fingerprint density at radius 1 is 1.00 bits per heavy atom. The number of amides is 1. The predicted octanol–water partition coefficient (Wildman–Crippen LogP) is 3.60. The summed E-state index contributed by atoms with van der Waals surface area (Å²) >= 11 is 5.22. The molecular formula is C14H8ClF2NO2. The van der Waals surface area contributed by atoms with Crippen LogP contribution in [0.5, 0.6) is 0 Å². The molecule has 0 heterocycles. The van der Waals surface area contributed by atoms with Crippen LogP contribution in [0.1, 0.15) is 20.7 Å². The van der Waals surface area contributed by atoms with E-state index in [9.17, 15) is 18.4 Å². The fourth-order valence-corrected chi connectivity index (χ4v) is 1.72. The SMILES string of the molecule is O=C(Nc1cccc(C(=O)Cl)c1F)c1ccc(F)cc1. The minimum atomic E-state index is -0.958. The number of benzene rings is 2. The molecule has 0 aliphatic carbocycles. The molecule has 1 N–H and O–H groups in total. The van der Waals surface area contributed by atoms with Gasteiger partial charge >= 0.3 is 0 Å². The van der Waals surface area contributed by atoms with E-state index >= 15 is 0 Å². The van der Waals surface area contributed by atoms with Gasteiger partial charge in [-0.1, -0.05) is 6.07 Å². The summed E-state index contributed by atoms with van der Waals surface area (Å²) in [6, 6.07) is 8.64. The number of halogens is 3. The van der Waals surface area contributed by atoms with Crippen LogP contribution in [0.25, 0.3) is 0 Å². The highest BCUT2D eigenvalue weighted by Gasteiger charge is 2.15. The van der Waals surface area contributed by atoms with Gasteiger partial charge in [-0.15, -0.1) is 0 Å². The molecule has 0 saturated heterocycles. The van der Waals surface area contributed by atoms with E-state index in [1.807, 2.05) is 0 Å². The van der Waals surface area contributed by atoms with Crippen LogP contribution < -0.4 is 5.32 Å². The van der Waals surface area contributed by atoms with Gasteiger partial charge in [0.05, 0.1) is 11.3 Å². The molecule has 0 aliphatic rings. The van der Waals surface area contributed by atoms with Crippen molar-refractivity contribution in [1.29, 1.82) is 0 Å². The van der Waals surface area contributed by atoms with Crippen LogP contribution in [0.4, 0.5) is 14.5 Å². The molecule has 0 spiro atoms. The molecule has 0 bridgehead atoms. The molecule has 3 nitrogen and oxygen atoms in total. The molecule has 20 heavy (non-hydrogen) atoms. The second kappa shape index (κ2) is 5.79. The average molecular weight is 296 g/mol. The van der Waals surface area contributed by atoms with Crippen molar-refractivity contribution in [3.8, 4) is 0 Å². The Hall–Kier alpha value is -2.27. The summed E-state index contributed by atoms with van der Waals surface area (Å²) in [5.74, 6) is -2.02. The normalized spacial score (nSPS) is 10.2. The Labute approximate surface area is 118 Å². The third kappa shape index (κ3) is 3.00. The van der Waals surface area contributed by atoms with Crippen molar-refractivity contribution in [2.75, 3.05) is 5.32 Å². The molecule has 0 radical (unpaired) electrons. The second-order valence-corrected chi connectivity index (χ2v) is 4.25. The van der Waals surface area contributed by atoms with Gasteiger partial charge in [-0.25, -0.2) is 8.78 Å².